The van der Waals surface area contributed by atoms with Crippen LogP contribution in [-0.4, -0.2) is 41.1 Å². The van der Waals surface area contributed by atoms with Crippen molar-refractivity contribution in [2.75, 3.05) is 13.1 Å². The minimum atomic E-state index is -0.306. The van der Waals surface area contributed by atoms with Crippen molar-refractivity contribution in [1.29, 1.82) is 0 Å². The zero-order chi connectivity index (χ0) is 19.3. The van der Waals surface area contributed by atoms with Gasteiger partial charge in [0.2, 0.25) is 5.91 Å². The van der Waals surface area contributed by atoms with Gasteiger partial charge in [0.05, 0.1) is 6.10 Å². The van der Waals surface area contributed by atoms with Crippen LogP contribution in [0.3, 0.4) is 0 Å². The van der Waals surface area contributed by atoms with Crippen LogP contribution in [0.2, 0.25) is 0 Å². The Morgan fingerprint density at radius 2 is 1.71 bits per heavy atom. The predicted octanol–water partition coefficient (Wildman–Crippen LogP) is 3.32. The Kier molecular flexibility index (Phi) is 6.08. The summed E-state index contributed by atoms with van der Waals surface area (Å²) in [5.41, 5.74) is 2.60. The Morgan fingerprint density at radius 3 is 2.46 bits per heavy atom. The molecule has 1 amide bonds. The molecule has 4 nitrogen and oxygen atoms in total. The average Bonchev–Trinajstić information content (AvgIpc) is 3.35. The lowest BCUT2D eigenvalue weighted by atomic mass is 9.96. The molecule has 28 heavy (non-hydrogen) atoms. The minimum Gasteiger partial charge on any atom is -0.392 e. The van der Waals surface area contributed by atoms with Gasteiger partial charge in [0, 0.05) is 31.6 Å². The van der Waals surface area contributed by atoms with Crippen molar-refractivity contribution in [2.45, 2.75) is 50.3 Å². The van der Waals surface area contributed by atoms with E-state index in [1.54, 1.807) is 0 Å². The molecule has 1 aliphatic heterocycles. The molecule has 148 valence electrons. The molecule has 2 fully saturated rings. The number of benzene rings is 2. The molecule has 1 aliphatic carbocycles. The standard InChI is InChI=1S/C24H30N2O2/c27-23-14-22(26(17-23)16-18-7-3-1-4-8-18)15-25-24(28)21-12-11-20(13-21)19-9-5-2-6-10-19/h1-10,20-23,27H,11-17H2,(H,25,28)/t20-,21-,22?,23?/m1/s1. The number of amides is 1. The third-order valence-corrected chi connectivity index (χ3v) is 6.32. The average molecular weight is 379 g/mol. The summed E-state index contributed by atoms with van der Waals surface area (Å²) in [6.07, 6.45) is 3.41. The summed E-state index contributed by atoms with van der Waals surface area (Å²) in [7, 11) is 0. The number of carbonyl (C=O) groups excluding carboxylic acids is 1. The van der Waals surface area contributed by atoms with Gasteiger partial charge in [-0.25, -0.2) is 0 Å². The largest absolute Gasteiger partial charge is 0.392 e. The van der Waals surface area contributed by atoms with Crippen molar-refractivity contribution in [3.05, 3.63) is 71.8 Å². The maximum absolute atomic E-state index is 12.7. The molecule has 4 rings (SSSR count). The zero-order valence-electron chi connectivity index (χ0n) is 16.3. The van der Waals surface area contributed by atoms with Gasteiger partial charge in [0.25, 0.3) is 0 Å². The lowest BCUT2D eigenvalue weighted by molar-refractivity contribution is -0.125. The van der Waals surface area contributed by atoms with Crippen molar-refractivity contribution in [3.63, 3.8) is 0 Å². The third-order valence-electron chi connectivity index (χ3n) is 6.32. The zero-order valence-corrected chi connectivity index (χ0v) is 16.3. The molecule has 0 bridgehead atoms. The topological polar surface area (TPSA) is 52.6 Å². The predicted molar refractivity (Wildman–Crippen MR) is 111 cm³/mol. The van der Waals surface area contributed by atoms with Crippen molar-refractivity contribution in [3.8, 4) is 0 Å². The van der Waals surface area contributed by atoms with E-state index in [-0.39, 0.29) is 24.0 Å². The first kappa shape index (κ1) is 19.2. The van der Waals surface area contributed by atoms with Crippen LogP contribution in [0.4, 0.5) is 0 Å². The van der Waals surface area contributed by atoms with Crippen LogP contribution in [-0.2, 0) is 11.3 Å². The van der Waals surface area contributed by atoms with E-state index in [0.717, 1.165) is 32.2 Å². The molecule has 1 saturated carbocycles. The van der Waals surface area contributed by atoms with Crippen LogP contribution in [0.15, 0.2) is 60.7 Å². The van der Waals surface area contributed by atoms with Gasteiger partial charge in [0.1, 0.15) is 0 Å². The molecule has 2 N–H and O–H groups in total. The highest BCUT2D eigenvalue weighted by molar-refractivity contribution is 5.79. The van der Waals surface area contributed by atoms with Crippen LogP contribution in [0.5, 0.6) is 0 Å². The van der Waals surface area contributed by atoms with E-state index in [1.165, 1.54) is 11.1 Å². The fraction of sp³-hybridized carbons (Fsp3) is 0.458. The number of aliphatic hydroxyl groups excluding tert-OH is 1. The number of hydrogen-bond acceptors (Lipinski definition) is 3. The molecular weight excluding hydrogens is 348 g/mol. The SMILES string of the molecule is O=C(NCC1CC(O)CN1Cc1ccccc1)[C@@H]1CC[C@@H](c2ccccc2)C1. The lowest BCUT2D eigenvalue weighted by Gasteiger charge is -2.25. The van der Waals surface area contributed by atoms with E-state index in [0.29, 0.717) is 19.0 Å². The summed E-state index contributed by atoms with van der Waals surface area (Å²) in [4.78, 5) is 15.0. The maximum atomic E-state index is 12.7. The van der Waals surface area contributed by atoms with Gasteiger partial charge in [0.15, 0.2) is 0 Å². The van der Waals surface area contributed by atoms with E-state index in [4.69, 9.17) is 0 Å². The van der Waals surface area contributed by atoms with E-state index >= 15 is 0 Å². The van der Waals surface area contributed by atoms with E-state index < -0.39 is 0 Å². The molecule has 1 saturated heterocycles. The summed E-state index contributed by atoms with van der Waals surface area (Å²) >= 11 is 0. The van der Waals surface area contributed by atoms with Crippen LogP contribution in [0.25, 0.3) is 0 Å². The molecule has 2 aromatic carbocycles. The molecule has 4 atom stereocenters. The van der Waals surface area contributed by atoms with Gasteiger partial charge in [-0.05, 0) is 42.7 Å². The maximum Gasteiger partial charge on any atom is 0.223 e. The van der Waals surface area contributed by atoms with Crippen LogP contribution >= 0.6 is 0 Å². The second-order valence-electron chi connectivity index (χ2n) is 8.32. The van der Waals surface area contributed by atoms with E-state index in [9.17, 15) is 9.90 Å². The monoisotopic (exact) mass is 378 g/mol. The van der Waals surface area contributed by atoms with Crippen LogP contribution < -0.4 is 5.32 Å². The van der Waals surface area contributed by atoms with Crippen molar-refractivity contribution >= 4 is 5.91 Å². The molecule has 2 aromatic rings. The van der Waals surface area contributed by atoms with Gasteiger partial charge in [-0.3, -0.25) is 9.69 Å². The van der Waals surface area contributed by atoms with Crippen molar-refractivity contribution < 1.29 is 9.90 Å². The first-order chi connectivity index (χ1) is 13.7. The van der Waals surface area contributed by atoms with E-state index in [2.05, 4.69) is 46.6 Å². The Balaban J connectivity index is 1.29. The molecule has 0 radical (unpaired) electrons. The Morgan fingerprint density at radius 1 is 1.00 bits per heavy atom. The first-order valence-electron chi connectivity index (χ1n) is 10.5. The van der Waals surface area contributed by atoms with Gasteiger partial charge in [-0.15, -0.1) is 0 Å². The Hall–Kier alpha value is -2.17. The molecule has 0 aromatic heterocycles. The number of nitrogens with one attached hydrogen (secondary N) is 1. The number of rotatable bonds is 6. The fourth-order valence-corrected chi connectivity index (χ4v) is 4.79. The molecule has 1 heterocycles. The second kappa shape index (κ2) is 8.89. The normalized spacial score (nSPS) is 27.8. The number of aliphatic hydroxyl groups is 1. The number of carbonyl (C=O) groups is 1. The molecule has 2 aliphatic rings. The van der Waals surface area contributed by atoms with Gasteiger partial charge < -0.3 is 10.4 Å². The number of nitrogens with zero attached hydrogens (tertiary/aromatic N) is 1. The highest BCUT2D eigenvalue weighted by Gasteiger charge is 2.33. The molecule has 0 spiro atoms. The lowest BCUT2D eigenvalue weighted by Crippen LogP contribution is -2.41. The highest BCUT2D eigenvalue weighted by Crippen LogP contribution is 2.38. The molecule has 4 heteroatoms. The molecular formula is C24H30N2O2. The van der Waals surface area contributed by atoms with Crippen molar-refractivity contribution in [1.82, 2.24) is 10.2 Å². The van der Waals surface area contributed by atoms with Crippen molar-refractivity contribution in [2.24, 2.45) is 5.92 Å². The quantitative estimate of drug-likeness (QED) is 0.811. The van der Waals surface area contributed by atoms with Gasteiger partial charge in [-0.1, -0.05) is 60.7 Å². The third kappa shape index (κ3) is 4.62. The summed E-state index contributed by atoms with van der Waals surface area (Å²) < 4.78 is 0. The molecule has 2 unspecified atom stereocenters. The number of likely N-dealkylation sites (tertiary alicyclic amines) is 1. The van der Waals surface area contributed by atoms with Crippen LogP contribution in [0, 0.1) is 5.92 Å². The Bertz CT molecular complexity index is 765. The fourth-order valence-electron chi connectivity index (χ4n) is 4.79. The number of hydrogen-bond donors (Lipinski definition) is 2. The summed E-state index contributed by atoms with van der Waals surface area (Å²) in [5.74, 6) is 0.790. The highest BCUT2D eigenvalue weighted by atomic mass is 16.3. The summed E-state index contributed by atoms with van der Waals surface area (Å²) in [6.45, 7) is 2.11. The number of β-amino-alcohol motifs (C(OH)–C–C–N with tert-alkyl or cyclic N) is 1. The van der Waals surface area contributed by atoms with Gasteiger partial charge in [-0.2, -0.15) is 0 Å². The van der Waals surface area contributed by atoms with Crippen LogP contribution in [0.1, 0.15) is 42.7 Å². The second-order valence-corrected chi connectivity index (χ2v) is 8.32. The Labute approximate surface area is 167 Å². The first-order valence-corrected chi connectivity index (χ1v) is 10.5. The van der Waals surface area contributed by atoms with Gasteiger partial charge >= 0.3 is 0 Å². The smallest absolute Gasteiger partial charge is 0.223 e. The summed E-state index contributed by atoms with van der Waals surface area (Å²) in [6, 6.07) is 21.1. The minimum absolute atomic E-state index is 0.110. The summed E-state index contributed by atoms with van der Waals surface area (Å²) in [5, 5.41) is 13.3. The van der Waals surface area contributed by atoms with E-state index in [1.807, 2.05) is 24.3 Å².